The van der Waals surface area contributed by atoms with Gasteiger partial charge in [-0.15, -0.1) is 0 Å². The van der Waals surface area contributed by atoms with E-state index in [2.05, 4.69) is 4.72 Å². The van der Waals surface area contributed by atoms with Gasteiger partial charge in [-0.2, -0.15) is 0 Å². The number of nitrogens with one attached hydrogen (secondary N) is 1. The second-order valence-corrected chi connectivity index (χ2v) is 7.40. The Hall–Kier alpha value is -1.47. The fraction of sp³-hybridized carbons (Fsp3) is 0.533. The van der Waals surface area contributed by atoms with Gasteiger partial charge in [-0.1, -0.05) is 13.8 Å². The van der Waals surface area contributed by atoms with Gasteiger partial charge in [0, 0.05) is 26.6 Å². The fourth-order valence-electron chi connectivity index (χ4n) is 2.13. The first-order valence-electron chi connectivity index (χ1n) is 7.15. The lowest BCUT2D eigenvalue weighted by atomic mass is 10.2. The van der Waals surface area contributed by atoms with E-state index in [0.29, 0.717) is 24.6 Å². The molecule has 1 N–H and O–H groups in total. The Morgan fingerprint density at radius 2 is 2.00 bits per heavy atom. The largest absolute Gasteiger partial charge is 0.341 e. The van der Waals surface area contributed by atoms with Crippen LogP contribution in [0, 0.1) is 18.7 Å². The third kappa shape index (κ3) is 5.38. The first-order chi connectivity index (χ1) is 10.1. The fourth-order valence-corrected chi connectivity index (χ4v) is 3.37. The third-order valence-corrected chi connectivity index (χ3v) is 4.75. The van der Waals surface area contributed by atoms with Crippen LogP contribution in [-0.2, 0) is 14.8 Å². The van der Waals surface area contributed by atoms with Gasteiger partial charge in [0.2, 0.25) is 15.9 Å². The molecule has 0 aliphatic rings. The molecule has 124 valence electrons. The number of aryl methyl sites for hydroxylation is 1. The van der Waals surface area contributed by atoms with Crippen molar-refractivity contribution in [2.24, 2.45) is 5.92 Å². The lowest BCUT2D eigenvalue weighted by Gasteiger charge is -2.23. The van der Waals surface area contributed by atoms with Gasteiger partial charge in [0.15, 0.2) is 0 Å². The maximum absolute atomic E-state index is 13.0. The van der Waals surface area contributed by atoms with Crippen LogP contribution >= 0.6 is 0 Å². The van der Waals surface area contributed by atoms with Crippen LogP contribution in [0.5, 0.6) is 0 Å². The summed E-state index contributed by atoms with van der Waals surface area (Å²) in [5.74, 6) is -0.262. The van der Waals surface area contributed by atoms with Crippen LogP contribution in [0.3, 0.4) is 0 Å². The van der Waals surface area contributed by atoms with Gasteiger partial charge in [-0.3, -0.25) is 4.79 Å². The summed E-state index contributed by atoms with van der Waals surface area (Å²) < 4.78 is 39.9. The second kappa shape index (κ2) is 7.69. The molecule has 0 fully saturated rings. The lowest BCUT2D eigenvalue weighted by Crippen LogP contribution is -2.39. The van der Waals surface area contributed by atoms with Gasteiger partial charge in [-0.05, 0) is 36.6 Å². The smallest absolute Gasteiger partial charge is 0.240 e. The van der Waals surface area contributed by atoms with Crippen molar-refractivity contribution in [2.45, 2.75) is 32.6 Å². The quantitative estimate of drug-likeness (QED) is 0.830. The van der Waals surface area contributed by atoms with Crippen molar-refractivity contribution in [1.29, 1.82) is 0 Å². The molecule has 0 spiro atoms. The molecular weight excluding hydrogens is 307 g/mol. The second-order valence-electron chi connectivity index (χ2n) is 5.67. The molecule has 0 heterocycles. The van der Waals surface area contributed by atoms with Crippen LogP contribution in [0.15, 0.2) is 23.1 Å². The van der Waals surface area contributed by atoms with Crippen LogP contribution in [0.4, 0.5) is 4.39 Å². The van der Waals surface area contributed by atoms with Crippen LogP contribution in [0.2, 0.25) is 0 Å². The molecule has 1 rings (SSSR count). The molecule has 7 heteroatoms. The van der Waals surface area contributed by atoms with E-state index >= 15 is 0 Å². The summed E-state index contributed by atoms with van der Waals surface area (Å²) in [7, 11) is -3.71. The standard InChI is InChI=1S/C15H23FN2O3S/c1-11(2)10-18(13(4)19)8-7-17-22(20,21)15-6-5-14(16)9-12(15)3/h5-6,9,11,17H,7-8,10H2,1-4H3. The number of hydrogen-bond donors (Lipinski definition) is 1. The Morgan fingerprint density at radius 3 is 2.50 bits per heavy atom. The Bertz CT molecular complexity index is 630. The molecule has 0 saturated carbocycles. The number of hydrogen-bond acceptors (Lipinski definition) is 3. The minimum absolute atomic E-state index is 0.0483. The van der Waals surface area contributed by atoms with E-state index in [-0.39, 0.29) is 17.3 Å². The van der Waals surface area contributed by atoms with Gasteiger partial charge in [0.1, 0.15) is 5.82 Å². The molecule has 0 atom stereocenters. The van der Waals surface area contributed by atoms with E-state index in [1.807, 2.05) is 13.8 Å². The van der Waals surface area contributed by atoms with Gasteiger partial charge >= 0.3 is 0 Å². The molecule has 0 unspecified atom stereocenters. The van der Waals surface area contributed by atoms with Crippen LogP contribution in [0.1, 0.15) is 26.3 Å². The molecular formula is C15H23FN2O3S. The van der Waals surface area contributed by atoms with Gasteiger partial charge < -0.3 is 4.90 Å². The number of amides is 1. The van der Waals surface area contributed by atoms with Crippen molar-refractivity contribution in [3.8, 4) is 0 Å². The number of benzene rings is 1. The molecule has 0 aliphatic heterocycles. The van der Waals surface area contributed by atoms with Crippen LogP contribution < -0.4 is 4.72 Å². The zero-order valence-electron chi connectivity index (χ0n) is 13.4. The maximum Gasteiger partial charge on any atom is 0.240 e. The highest BCUT2D eigenvalue weighted by Gasteiger charge is 2.18. The summed E-state index contributed by atoms with van der Waals surface area (Å²) >= 11 is 0. The molecule has 1 amide bonds. The highest BCUT2D eigenvalue weighted by Crippen LogP contribution is 2.15. The normalized spacial score (nSPS) is 11.7. The number of nitrogens with zero attached hydrogens (tertiary/aromatic N) is 1. The van der Waals surface area contributed by atoms with Crippen LogP contribution in [0.25, 0.3) is 0 Å². The average Bonchev–Trinajstić information content (AvgIpc) is 2.36. The summed E-state index contributed by atoms with van der Waals surface area (Å²) in [6, 6.07) is 3.53. The highest BCUT2D eigenvalue weighted by atomic mass is 32.2. The highest BCUT2D eigenvalue weighted by molar-refractivity contribution is 7.89. The van der Waals surface area contributed by atoms with Crippen LogP contribution in [-0.4, -0.2) is 38.9 Å². The average molecular weight is 330 g/mol. The molecule has 0 radical (unpaired) electrons. The molecule has 1 aromatic carbocycles. The van der Waals surface area contributed by atoms with Crippen molar-refractivity contribution in [1.82, 2.24) is 9.62 Å². The van der Waals surface area contributed by atoms with Crippen molar-refractivity contribution < 1.29 is 17.6 Å². The zero-order valence-corrected chi connectivity index (χ0v) is 14.2. The topological polar surface area (TPSA) is 66.5 Å². The third-order valence-electron chi connectivity index (χ3n) is 3.13. The maximum atomic E-state index is 13.0. The molecule has 0 aliphatic carbocycles. The van der Waals surface area contributed by atoms with Crippen molar-refractivity contribution in [2.75, 3.05) is 19.6 Å². The van der Waals surface area contributed by atoms with Crippen molar-refractivity contribution >= 4 is 15.9 Å². The van der Waals surface area contributed by atoms with E-state index in [4.69, 9.17) is 0 Å². The minimum atomic E-state index is -3.71. The molecule has 0 bridgehead atoms. The summed E-state index contributed by atoms with van der Waals surface area (Å²) in [4.78, 5) is 13.2. The van der Waals surface area contributed by atoms with Gasteiger partial charge in [-0.25, -0.2) is 17.5 Å². The predicted molar refractivity (Wildman–Crippen MR) is 83.4 cm³/mol. The summed E-state index contributed by atoms with van der Waals surface area (Å²) in [6.45, 7) is 7.97. The first-order valence-corrected chi connectivity index (χ1v) is 8.63. The number of carbonyl (C=O) groups is 1. The molecule has 0 aromatic heterocycles. The molecule has 0 saturated heterocycles. The molecule has 1 aromatic rings. The summed E-state index contributed by atoms with van der Waals surface area (Å²) in [5.41, 5.74) is 0.345. The number of halogens is 1. The SMILES string of the molecule is CC(=O)N(CCNS(=O)(=O)c1ccc(F)cc1C)CC(C)C. The predicted octanol–water partition coefficient (Wildman–Crippen LogP) is 1.92. The van der Waals surface area contributed by atoms with Crippen molar-refractivity contribution in [3.05, 3.63) is 29.6 Å². The van der Waals surface area contributed by atoms with E-state index in [1.54, 1.807) is 4.90 Å². The van der Waals surface area contributed by atoms with E-state index in [1.165, 1.54) is 26.0 Å². The minimum Gasteiger partial charge on any atom is -0.341 e. The monoisotopic (exact) mass is 330 g/mol. The summed E-state index contributed by atoms with van der Waals surface area (Å²) in [6.07, 6.45) is 0. The van der Waals surface area contributed by atoms with E-state index in [0.717, 1.165) is 6.07 Å². The Kier molecular flexibility index (Phi) is 6.49. The van der Waals surface area contributed by atoms with Crippen molar-refractivity contribution in [3.63, 3.8) is 0 Å². The van der Waals surface area contributed by atoms with E-state index in [9.17, 15) is 17.6 Å². The van der Waals surface area contributed by atoms with Gasteiger partial charge in [0.05, 0.1) is 4.90 Å². The Balaban J connectivity index is 2.71. The number of sulfonamides is 1. The Labute approximate surface area is 131 Å². The number of rotatable bonds is 7. The molecule has 5 nitrogen and oxygen atoms in total. The lowest BCUT2D eigenvalue weighted by molar-refractivity contribution is -0.129. The Morgan fingerprint density at radius 1 is 1.36 bits per heavy atom. The molecule has 22 heavy (non-hydrogen) atoms. The van der Waals surface area contributed by atoms with E-state index < -0.39 is 15.8 Å². The number of carbonyl (C=O) groups excluding carboxylic acids is 1. The summed E-state index contributed by atoms with van der Waals surface area (Å²) in [5, 5.41) is 0. The zero-order chi connectivity index (χ0) is 16.9. The first kappa shape index (κ1) is 18.6. The van der Waals surface area contributed by atoms with Gasteiger partial charge in [0.25, 0.3) is 0 Å².